The van der Waals surface area contributed by atoms with Crippen LogP contribution in [-0.4, -0.2) is 31.4 Å². The predicted molar refractivity (Wildman–Crippen MR) is 73.9 cm³/mol. The number of hydrogen-bond donors (Lipinski definition) is 1. The number of nitrogens with one attached hydrogen (secondary N) is 1. The van der Waals surface area contributed by atoms with Crippen molar-refractivity contribution in [3.63, 3.8) is 0 Å². The first kappa shape index (κ1) is 13.9. The van der Waals surface area contributed by atoms with E-state index in [4.69, 9.17) is 8.83 Å². The maximum Gasteiger partial charge on any atom is 0.287 e. The number of rotatable bonds is 5. The number of amides is 1. The van der Waals surface area contributed by atoms with Gasteiger partial charge < -0.3 is 14.2 Å². The van der Waals surface area contributed by atoms with E-state index in [1.165, 1.54) is 0 Å². The summed E-state index contributed by atoms with van der Waals surface area (Å²) in [5.74, 6) is 0.846. The molecule has 19 heavy (non-hydrogen) atoms. The Labute approximate surface area is 119 Å². The van der Waals surface area contributed by atoms with Crippen LogP contribution in [0.25, 0.3) is 0 Å². The third kappa shape index (κ3) is 3.48. The van der Waals surface area contributed by atoms with E-state index in [1.807, 2.05) is 31.1 Å². The maximum absolute atomic E-state index is 11.9. The molecule has 102 valence electrons. The average molecular weight is 327 g/mol. The van der Waals surface area contributed by atoms with Gasteiger partial charge in [0.2, 0.25) is 0 Å². The highest BCUT2D eigenvalue weighted by Crippen LogP contribution is 2.18. The normalized spacial score (nSPS) is 12.6. The van der Waals surface area contributed by atoms with Crippen molar-refractivity contribution >= 4 is 21.8 Å². The molecular weight excluding hydrogens is 312 g/mol. The summed E-state index contributed by atoms with van der Waals surface area (Å²) in [6, 6.07) is 7.01. The highest BCUT2D eigenvalue weighted by Gasteiger charge is 2.19. The van der Waals surface area contributed by atoms with Crippen LogP contribution < -0.4 is 5.32 Å². The molecule has 0 spiro atoms. The van der Waals surface area contributed by atoms with Crippen molar-refractivity contribution in [3.8, 4) is 0 Å². The Bertz CT molecular complexity index is 534. The molecule has 0 aliphatic heterocycles. The molecule has 2 aromatic rings. The van der Waals surface area contributed by atoms with Gasteiger partial charge in [0.25, 0.3) is 5.91 Å². The second-order valence-corrected chi connectivity index (χ2v) is 5.09. The Morgan fingerprint density at radius 2 is 2.21 bits per heavy atom. The molecule has 0 aromatic carbocycles. The third-order valence-electron chi connectivity index (χ3n) is 2.75. The topological polar surface area (TPSA) is 58.6 Å². The molecule has 0 bridgehead atoms. The molecule has 2 heterocycles. The van der Waals surface area contributed by atoms with Crippen molar-refractivity contribution in [2.75, 3.05) is 20.6 Å². The average Bonchev–Trinajstić information content (AvgIpc) is 3.00. The standard InChI is InChI=1S/C13H15BrN2O3/c1-16(2)9(10-4-3-7-18-10)8-15-13(17)11-5-6-12(14)19-11/h3-7,9H,8H2,1-2H3,(H,15,17)/t9-/m1/s1. The largest absolute Gasteiger partial charge is 0.468 e. The van der Waals surface area contributed by atoms with Gasteiger partial charge in [-0.3, -0.25) is 9.69 Å². The van der Waals surface area contributed by atoms with Gasteiger partial charge in [-0.15, -0.1) is 0 Å². The molecule has 0 saturated carbocycles. The molecule has 0 aliphatic carbocycles. The van der Waals surface area contributed by atoms with Crippen LogP contribution in [0.4, 0.5) is 0 Å². The minimum Gasteiger partial charge on any atom is -0.468 e. The fourth-order valence-corrected chi connectivity index (χ4v) is 2.04. The first-order chi connectivity index (χ1) is 9.08. The molecule has 6 heteroatoms. The summed E-state index contributed by atoms with van der Waals surface area (Å²) in [5, 5.41) is 2.83. The van der Waals surface area contributed by atoms with E-state index in [0.717, 1.165) is 5.76 Å². The number of hydrogen-bond acceptors (Lipinski definition) is 4. The molecule has 2 aromatic heterocycles. The molecule has 0 radical (unpaired) electrons. The van der Waals surface area contributed by atoms with E-state index in [-0.39, 0.29) is 17.7 Å². The molecule has 0 aliphatic rings. The van der Waals surface area contributed by atoms with E-state index in [0.29, 0.717) is 11.2 Å². The summed E-state index contributed by atoms with van der Waals surface area (Å²) in [6.45, 7) is 0.442. The van der Waals surface area contributed by atoms with E-state index >= 15 is 0 Å². The highest BCUT2D eigenvalue weighted by atomic mass is 79.9. The first-order valence-electron chi connectivity index (χ1n) is 5.81. The number of halogens is 1. The van der Waals surface area contributed by atoms with E-state index in [1.54, 1.807) is 18.4 Å². The van der Waals surface area contributed by atoms with Crippen LogP contribution >= 0.6 is 15.9 Å². The summed E-state index contributed by atoms with van der Waals surface area (Å²) in [7, 11) is 3.87. The summed E-state index contributed by atoms with van der Waals surface area (Å²) in [6.07, 6.45) is 1.62. The Morgan fingerprint density at radius 1 is 1.42 bits per heavy atom. The van der Waals surface area contributed by atoms with Crippen LogP contribution in [-0.2, 0) is 0 Å². The van der Waals surface area contributed by atoms with Crippen LogP contribution in [0.5, 0.6) is 0 Å². The number of furan rings is 2. The Hall–Kier alpha value is -1.53. The van der Waals surface area contributed by atoms with Gasteiger partial charge in [0.05, 0.1) is 12.3 Å². The van der Waals surface area contributed by atoms with Crippen LogP contribution in [0.2, 0.25) is 0 Å². The van der Waals surface area contributed by atoms with Crippen molar-refractivity contribution in [1.82, 2.24) is 10.2 Å². The maximum atomic E-state index is 11.9. The summed E-state index contributed by atoms with van der Waals surface area (Å²) in [4.78, 5) is 13.9. The van der Waals surface area contributed by atoms with Crippen LogP contribution in [0.3, 0.4) is 0 Å². The summed E-state index contributed by atoms with van der Waals surface area (Å²) in [5.41, 5.74) is 0. The van der Waals surface area contributed by atoms with Gasteiger partial charge in [0.15, 0.2) is 10.4 Å². The predicted octanol–water partition coefficient (Wildman–Crippen LogP) is 2.67. The minimum absolute atomic E-state index is 0.0163. The molecule has 1 amide bonds. The highest BCUT2D eigenvalue weighted by molar-refractivity contribution is 9.10. The fraction of sp³-hybridized carbons (Fsp3) is 0.308. The lowest BCUT2D eigenvalue weighted by atomic mass is 10.2. The van der Waals surface area contributed by atoms with Crippen LogP contribution in [0, 0.1) is 0 Å². The zero-order valence-electron chi connectivity index (χ0n) is 10.7. The van der Waals surface area contributed by atoms with Gasteiger partial charge in [-0.25, -0.2) is 0 Å². The zero-order chi connectivity index (χ0) is 13.8. The van der Waals surface area contributed by atoms with Crippen molar-refractivity contribution in [1.29, 1.82) is 0 Å². The lowest BCUT2D eigenvalue weighted by Crippen LogP contribution is -2.34. The second kappa shape index (κ2) is 6.08. The van der Waals surface area contributed by atoms with Gasteiger partial charge >= 0.3 is 0 Å². The van der Waals surface area contributed by atoms with Crippen LogP contribution in [0.15, 0.2) is 44.0 Å². The third-order valence-corrected chi connectivity index (χ3v) is 3.17. The molecule has 2 rings (SSSR count). The number of carbonyl (C=O) groups excluding carboxylic acids is 1. The van der Waals surface area contributed by atoms with Gasteiger partial charge in [0.1, 0.15) is 5.76 Å². The zero-order valence-corrected chi connectivity index (χ0v) is 12.3. The quantitative estimate of drug-likeness (QED) is 0.917. The Kier molecular flexibility index (Phi) is 4.44. The summed E-state index contributed by atoms with van der Waals surface area (Å²) >= 11 is 3.17. The van der Waals surface area contributed by atoms with Gasteiger partial charge in [-0.05, 0) is 54.3 Å². The van der Waals surface area contributed by atoms with E-state index < -0.39 is 0 Å². The molecule has 0 unspecified atom stereocenters. The number of nitrogens with zero attached hydrogens (tertiary/aromatic N) is 1. The molecule has 1 atom stereocenters. The molecule has 5 nitrogen and oxygen atoms in total. The van der Waals surface area contributed by atoms with Gasteiger partial charge in [-0.2, -0.15) is 0 Å². The van der Waals surface area contributed by atoms with E-state index in [2.05, 4.69) is 21.2 Å². The lowest BCUT2D eigenvalue weighted by molar-refractivity contribution is 0.0910. The van der Waals surface area contributed by atoms with Crippen molar-refractivity contribution in [3.05, 3.63) is 46.7 Å². The monoisotopic (exact) mass is 326 g/mol. The smallest absolute Gasteiger partial charge is 0.287 e. The van der Waals surface area contributed by atoms with Crippen molar-refractivity contribution in [2.45, 2.75) is 6.04 Å². The first-order valence-corrected chi connectivity index (χ1v) is 6.60. The number of carbonyl (C=O) groups is 1. The molecule has 1 N–H and O–H groups in total. The number of likely N-dealkylation sites (N-methyl/N-ethyl adjacent to an activating group) is 1. The summed E-state index contributed by atoms with van der Waals surface area (Å²) < 4.78 is 11.1. The Balaban J connectivity index is 1.98. The van der Waals surface area contributed by atoms with Crippen molar-refractivity contribution in [2.24, 2.45) is 0 Å². The van der Waals surface area contributed by atoms with Gasteiger partial charge in [0, 0.05) is 6.54 Å². The minimum atomic E-state index is -0.246. The van der Waals surface area contributed by atoms with E-state index in [9.17, 15) is 4.79 Å². The fourth-order valence-electron chi connectivity index (χ4n) is 1.73. The lowest BCUT2D eigenvalue weighted by Gasteiger charge is -2.22. The second-order valence-electron chi connectivity index (χ2n) is 4.31. The van der Waals surface area contributed by atoms with Crippen molar-refractivity contribution < 1.29 is 13.6 Å². The molecular formula is C13H15BrN2O3. The SMILES string of the molecule is CN(C)[C@H](CNC(=O)c1ccc(Br)o1)c1ccco1. The molecule has 0 fully saturated rings. The Morgan fingerprint density at radius 3 is 2.74 bits per heavy atom. The molecule has 0 saturated heterocycles. The van der Waals surface area contributed by atoms with Gasteiger partial charge in [-0.1, -0.05) is 0 Å². The van der Waals surface area contributed by atoms with Crippen LogP contribution in [0.1, 0.15) is 22.4 Å².